The van der Waals surface area contributed by atoms with Gasteiger partial charge in [0, 0.05) is 36.6 Å². The van der Waals surface area contributed by atoms with E-state index in [4.69, 9.17) is 4.52 Å². The van der Waals surface area contributed by atoms with Gasteiger partial charge in [-0.25, -0.2) is 4.39 Å². The summed E-state index contributed by atoms with van der Waals surface area (Å²) in [5.74, 6) is 0.344. The lowest BCUT2D eigenvalue weighted by Crippen LogP contribution is -2.23. The number of aromatic nitrogens is 2. The SMILES string of the molecule is CCC(C)C(=O)Nc1cccc(CNC(=O)CCCc2nc(-c3ccc(F)cc3)no2)c1. The lowest BCUT2D eigenvalue weighted by atomic mass is 10.1. The number of aryl methyl sites for hydroxylation is 1. The molecule has 1 unspecified atom stereocenters. The Balaban J connectivity index is 1.42. The van der Waals surface area contributed by atoms with Crippen molar-refractivity contribution in [2.75, 3.05) is 5.32 Å². The van der Waals surface area contributed by atoms with Gasteiger partial charge in [-0.2, -0.15) is 4.98 Å². The third-order valence-corrected chi connectivity index (χ3v) is 5.11. The summed E-state index contributed by atoms with van der Waals surface area (Å²) in [6.45, 7) is 4.23. The van der Waals surface area contributed by atoms with E-state index in [2.05, 4.69) is 20.8 Å². The molecule has 2 amide bonds. The van der Waals surface area contributed by atoms with Crippen LogP contribution in [0.2, 0.25) is 0 Å². The quantitative estimate of drug-likeness (QED) is 0.486. The van der Waals surface area contributed by atoms with E-state index in [1.807, 2.05) is 38.1 Å². The number of rotatable bonds is 10. The number of anilines is 1. The summed E-state index contributed by atoms with van der Waals surface area (Å²) in [5, 5.41) is 9.67. The molecule has 168 valence electrons. The smallest absolute Gasteiger partial charge is 0.227 e. The molecule has 1 aromatic heterocycles. The predicted octanol–water partition coefficient (Wildman–Crippen LogP) is 4.50. The van der Waals surface area contributed by atoms with Crippen molar-refractivity contribution in [3.8, 4) is 11.4 Å². The van der Waals surface area contributed by atoms with Gasteiger partial charge in [0.1, 0.15) is 5.82 Å². The van der Waals surface area contributed by atoms with Crippen molar-refractivity contribution in [3.05, 3.63) is 65.8 Å². The van der Waals surface area contributed by atoms with Crippen LogP contribution in [0.4, 0.5) is 10.1 Å². The molecule has 0 aliphatic heterocycles. The van der Waals surface area contributed by atoms with Crippen molar-refractivity contribution >= 4 is 17.5 Å². The van der Waals surface area contributed by atoms with Gasteiger partial charge in [0.25, 0.3) is 0 Å². The Labute approximate surface area is 186 Å². The highest BCUT2D eigenvalue weighted by Crippen LogP contribution is 2.17. The third-order valence-electron chi connectivity index (χ3n) is 5.11. The molecule has 3 rings (SSSR count). The molecule has 1 atom stereocenters. The van der Waals surface area contributed by atoms with Gasteiger partial charge < -0.3 is 15.2 Å². The number of hydrogen-bond donors (Lipinski definition) is 2. The molecule has 0 saturated heterocycles. The van der Waals surface area contributed by atoms with Gasteiger partial charge in [0.2, 0.25) is 23.5 Å². The topological polar surface area (TPSA) is 97.1 Å². The summed E-state index contributed by atoms with van der Waals surface area (Å²) in [7, 11) is 0. The third kappa shape index (κ3) is 6.73. The predicted molar refractivity (Wildman–Crippen MR) is 119 cm³/mol. The molecule has 8 heteroatoms. The normalized spacial score (nSPS) is 11.7. The molecule has 32 heavy (non-hydrogen) atoms. The van der Waals surface area contributed by atoms with Crippen LogP contribution in [-0.2, 0) is 22.6 Å². The molecule has 0 fully saturated rings. The van der Waals surface area contributed by atoms with Gasteiger partial charge in [0.15, 0.2) is 0 Å². The number of hydrogen-bond acceptors (Lipinski definition) is 5. The van der Waals surface area contributed by atoms with Crippen LogP contribution in [0.1, 0.15) is 44.6 Å². The van der Waals surface area contributed by atoms with Gasteiger partial charge in [-0.1, -0.05) is 31.1 Å². The number of halogens is 1. The highest BCUT2D eigenvalue weighted by Gasteiger charge is 2.12. The van der Waals surface area contributed by atoms with Crippen molar-refractivity contribution < 1.29 is 18.5 Å². The number of nitrogens with zero attached hydrogens (tertiary/aromatic N) is 2. The van der Waals surface area contributed by atoms with Crippen LogP contribution in [0.3, 0.4) is 0 Å². The number of carbonyl (C=O) groups is 2. The molecule has 7 nitrogen and oxygen atoms in total. The zero-order valence-electron chi connectivity index (χ0n) is 18.2. The average Bonchev–Trinajstić information content (AvgIpc) is 3.26. The maximum Gasteiger partial charge on any atom is 0.227 e. The molecule has 0 aliphatic carbocycles. The van der Waals surface area contributed by atoms with E-state index < -0.39 is 0 Å². The van der Waals surface area contributed by atoms with Gasteiger partial charge in [-0.05, 0) is 54.8 Å². The van der Waals surface area contributed by atoms with Crippen molar-refractivity contribution in [2.24, 2.45) is 5.92 Å². The lowest BCUT2D eigenvalue weighted by molar-refractivity contribution is -0.121. The first kappa shape index (κ1) is 23.1. The van der Waals surface area contributed by atoms with E-state index in [1.54, 1.807) is 12.1 Å². The molecule has 0 bridgehead atoms. The maximum atomic E-state index is 13.0. The van der Waals surface area contributed by atoms with Gasteiger partial charge in [-0.15, -0.1) is 0 Å². The first-order chi connectivity index (χ1) is 15.4. The van der Waals surface area contributed by atoms with Crippen LogP contribution in [0.5, 0.6) is 0 Å². The largest absolute Gasteiger partial charge is 0.352 e. The van der Waals surface area contributed by atoms with E-state index >= 15 is 0 Å². The molecule has 0 radical (unpaired) electrons. The zero-order valence-corrected chi connectivity index (χ0v) is 18.2. The van der Waals surface area contributed by atoms with Crippen LogP contribution in [-0.4, -0.2) is 22.0 Å². The second-order valence-corrected chi connectivity index (χ2v) is 7.65. The lowest BCUT2D eigenvalue weighted by Gasteiger charge is -2.11. The number of benzene rings is 2. The Bertz CT molecular complexity index is 1050. The number of nitrogens with one attached hydrogen (secondary N) is 2. The fourth-order valence-electron chi connectivity index (χ4n) is 2.97. The molecule has 0 spiro atoms. The summed E-state index contributed by atoms with van der Waals surface area (Å²) in [4.78, 5) is 28.5. The van der Waals surface area contributed by atoms with Crippen molar-refractivity contribution in [1.82, 2.24) is 15.5 Å². The summed E-state index contributed by atoms with van der Waals surface area (Å²) in [6.07, 6.45) is 2.12. The minimum atomic E-state index is -0.328. The minimum Gasteiger partial charge on any atom is -0.352 e. The Morgan fingerprint density at radius 3 is 2.69 bits per heavy atom. The van der Waals surface area contributed by atoms with Crippen LogP contribution >= 0.6 is 0 Å². The highest BCUT2D eigenvalue weighted by atomic mass is 19.1. The van der Waals surface area contributed by atoms with Crippen LogP contribution < -0.4 is 10.6 Å². The minimum absolute atomic E-state index is 0.0164. The molecule has 2 N–H and O–H groups in total. The second kappa shape index (κ2) is 11.2. The van der Waals surface area contributed by atoms with Crippen LogP contribution in [0, 0.1) is 11.7 Å². The highest BCUT2D eigenvalue weighted by molar-refractivity contribution is 5.92. The van der Waals surface area contributed by atoms with Gasteiger partial charge in [-0.3, -0.25) is 9.59 Å². The van der Waals surface area contributed by atoms with Crippen molar-refractivity contribution in [3.63, 3.8) is 0 Å². The Morgan fingerprint density at radius 1 is 1.16 bits per heavy atom. The van der Waals surface area contributed by atoms with E-state index in [1.165, 1.54) is 12.1 Å². The summed E-state index contributed by atoms with van der Waals surface area (Å²) < 4.78 is 18.2. The monoisotopic (exact) mass is 438 g/mol. The van der Waals surface area contributed by atoms with Gasteiger partial charge in [0.05, 0.1) is 0 Å². The van der Waals surface area contributed by atoms with Crippen LogP contribution in [0.15, 0.2) is 53.1 Å². The second-order valence-electron chi connectivity index (χ2n) is 7.65. The Morgan fingerprint density at radius 2 is 1.94 bits per heavy atom. The molecule has 2 aromatic carbocycles. The molecular weight excluding hydrogens is 411 g/mol. The number of amides is 2. The van der Waals surface area contributed by atoms with E-state index in [0.29, 0.717) is 43.1 Å². The average molecular weight is 439 g/mol. The summed E-state index contributed by atoms with van der Waals surface area (Å²) in [6, 6.07) is 13.3. The van der Waals surface area contributed by atoms with E-state index in [9.17, 15) is 14.0 Å². The Hall–Kier alpha value is -3.55. The fourth-order valence-corrected chi connectivity index (χ4v) is 2.97. The molecule has 3 aromatic rings. The summed E-state index contributed by atoms with van der Waals surface area (Å²) in [5.41, 5.74) is 2.29. The zero-order chi connectivity index (χ0) is 22.9. The van der Waals surface area contributed by atoms with Crippen LogP contribution in [0.25, 0.3) is 11.4 Å². The van der Waals surface area contributed by atoms with Crippen molar-refractivity contribution in [2.45, 2.75) is 46.1 Å². The standard InChI is InChI=1S/C24H27FN4O3/c1-3-16(2)24(31)27-20-7-4-6-17(14-20)15-26-21(30)8-5-9-22-28-23(29-32-22)18-10-12-19(25)13-11-18/h4,6-7,10-14,16H,3,5,8-9,15H2,1-2H3,(H,26,30)(H,27,31). The van der Waals surface area contributed by atoms with Gasteiger partial charge >= 0.3 is 0 Å². The summed E-state index contributed by atoms with van der Waals surface area (Å²) >= 11 is 0. The molecular formula is C24H27FN4O3. The maximum absolute atomic E-state index is 13.0. The van der Waals surface area contributed by atoms with Crippen molar-refractivity contribution in [1.29, 1.82) is 0 Å². The molecule has 0 saturated carbocycles. The first-order valence-electron chi connectivity index (χ1n) is 10.7. The first-order valence-corrected chi connectivity index (χ1v) is 10.7. The number of carbonyl (C=O) groups excluding carboxylic acids is 2. The molecule has 1 heterocycles. The molecule has 0 aliphatic rings. The van der Waals surface area contributed by atoms with E-state index in [-0.39, 0.29) is 23.5 Å². The van der Waals surface area contributed by atoms with E-state index in [0.717, 1.165) is 17.7 Å². The Kier molecular flexibility index (Phi) is 8.08. The fraction of sp³-hybridized carbons (Fsp3) is 0.333.